The third-order valence-electron chi connectivity index (χ3n) is 4.83. The van der Waals surface area contributed by atoms with Crippen molar-refractivity contribution >= 4 is 34.2 Å². The van der Waals surface area contributed by atoms with E-state index in [-0.39, 0.29) is 17.7 Å². The maximum absolute atomic E-state index is 12.1. The Morgan fingerprint density at radius 3 is 2.86 bits per heavy atom. The van der Waals surface area contributed by atoms with E-state index in [4.69, 9.17) is 5.26 Å². The number of H-pyrrole nitrogens is 1. The first kappa shape index (κ1) is 17.7. The highest BCUT2D eigenvalue weighted by molar-refractivity contribution is 6.06. The van der Waals surface area contributed by atoms with E-state index in [1.54, 1.807) is 19.2 Å². The number of anilines is 2. The van der Waals surface area contributed by atoms with Crippen LogP contribution in [0, 0.1) is 23.2 Å². The van der Waals surface area contributed by atoms with Crippen LogP contribution in [0.1, 0.15) is 19.8 Å². The smallest absolute Gasteiger partial charge is 0.241 e. The molecule has 0 radical (unpaired) electrons. The summed E-state index contributed by atoms with van der Waals surface area (Å²) in [6, 6.07) is 11.2. The summed E-state index contributed by atoms with van der Waals surface area (Å²) in [6.07, 6.45) is 5.40. The minimum Gasteiger partial charge on any atom is -0.359 e. The number of rotatable bonds is 5. The molecule has 0 bridgehead atoms. The molecule has 1 fully saturated rings. The number of hydrogen-bond acceptors (Lipinski definition) is 4. The molecule has 0 saturated heterocycles. The summed E-state index contributed by atoms with van der Waals surface area (Å²) < 4.78 is 0. The van der Waals surface area contributed by atoms with Crippen molar-refractivity contribution in [2.24, 2.45) is 11.8 Å². The molecule has 1 atom stereocenters. The van der Waals surface area contributed by atoms with Crippen LogP contribution >= 0.6 is 0 Å². The van der Waals surface area contributed by atoms with Crippen LogP contribution in [-0.2, 0) is 9.59 Å². The third kappa shape index (κ3) is 3.45. The number of amides is 2. The topological polar surface area (TPSA) is 111 Å². The van der Waals surface area contributed by atoms with Crippen LogP contribution in [0.5, 0.6) is 0 Å². The average molecular weight is 373 g/mol. The van der Waals surface area contributed by atoms with Crippen molar-refractivity contribution < 1.29 is 9.59 Å². The number of fused-ring (bicyclic) bond motifs is 1. The summed E-state index contributed by atoms with van der Waals surface area (Å²) >= 11 is 0. The van der Waals surface area contributed by atoms with E-state index in [0.29, 0.717) is 11.5 Å². The molecule has 1 unspecified atom stereocenters. The highest BCUT2D eigenvalue weighted by atomic mass is 16.2. The van der Waals surface area contributed by atoms with Crippen LogP contribution in [-0.4, -0.2) is 21.8 Å². The highest BCUT2D eigenvalue weighted by Gasteiger charge is 2.29. The molecule has 7 nitrogen and oxygen atoms in total. The summed E-state index contributed by atoms with van der Waals surface area (Å²) in [5, 5.41) is 15.5. The molecular formula is C21H19N5O2. The van der Waals surface area contributed by atoms with Gasteiger partial charge in [-0.15, -0.1) is 0 Å². The lowest BCUT2D eigenvalue weighted by Gasteiger charge is -2.08. The van der Waals surface area contributed by atoms with Gasteiger partial charge in [-0.2, -0.15) is 5.26 Å². The maximum atomic E-state index is 12.1. The van der Waals surface area contributed by atoms with Gasteiger partial charge in [-0.25, -0.2) is 4.98 Å². The molecule has 1 saturated carbocycles. The van der Waals surface area contributed by atoms with E-state index in [2.05, 4.69) is 20.6 Å². The zero-order valence-electron chi connectivity index (χ0n) is 15.3. The van der Waals surface area contributed by atoms with E-state index in [9.17, 15) is 9.59 Å². The van der Waals surface area contributed by atoms with Gasteiger partial charge < -0.3 is 15.6 Å². The van der Waals surface area contributed by atoms with Crippen LogP contribution in [0.2, 0.25) is 0 Å². The molecule has 2 amide bonds. The number of pyridine rings is 1. The minimum atomic E-state index is -0.734. The van der Waals surface area contributed by atoms with Gasteiger partial charge in [0.05, 0.1) is 17.3 Å². The Morgan fingerprint density at radius 1 is 1.29 bits per heavy atom. The Balaban J connectivity index is 1.65. The monoisotopic (exact) mass is 373 g/mol. The lowest BCUT2D eigenvalue weighted by molar-refractivity contribution is -0.118. The third-order valence-corrected chi connectivity index (χ3v) is 4.83. The van der Waals surface area contributed by atoms with Gasteiger partial charge in [0.2, 0.25) is 11.8 Å². The van der Waals surface area contributed by atoms with Crippen LogP contribution in [0.3, 0.4) is 0 Å². The molecule has 0 spiro atoms. The number of aromatic nitrogens is 2. The predicted octanol–water partition coefficient (Wildman–Crippen LogP) is 3.68. The van der Waals surface area contributed by atoms with Crippen LogP contribution < -0.4 is 10.6 Å². The van der Waals surface area contributed by atoms with E-state index >= 15 is 0 Å². The second kappa shape index (κ2) is 7.16. The second-order valence-electron chi connectivity index (χ2n) is 6.96. The Kier molecular flexibility index (Phi) is 4.53. The summed E-state index contributed by atoms with van der Waals surface area (Å²) in [4.78, 5) is 31.5. The minimum absolute atomic E-state index is 0.0141. The fourth-order valence-electron chi connectivity index (χ4n) is 3.04. The molecule has 140 valence electrons. The quantitative estimate of drug-likeness (QED) is 0.633. The largest absolute Gasteiger partial charge is 0.359 e. The number of nitrogens with zero attached hydrogens (tertiary/aromatic N) is 2. The molecule has 1 aliphatic carbocycles. The van der Waals surface area contributed by atoms with Crippen molar-refractivity contribution in [2.75, 3.05) is 10.6 Å². The van der Waals surface area contributed by atoms with Gasteiger partial charge in [0, 0.05) is 29.3 Å². The zero-order valence-corrected chi connectivity index (χ0v) is 15.3. The normalized spacial score (nSPS) is 14.3. The number of carbonyl (C=O) groups is 2. The summed E-state index contributed by atoms with van der Waals surface area (Å²) in [7, 11) is 0. The van der Waals surface area contributed by atoms with Gasteiger partial charge in [0.15, 0.2) is 0 Å². The lowest BCUT2D eigenvalue weighted by atomic mass is 10.0. The lowest BCUT2D eigenvalue weighted by Crippen LogP contribution is -2.19. The Labute approximate surface area is 161 Å². The van der Waals surface area contributed by atoms with Crippen molar-refractivity contribution in [3.8, 4) is 17.2 Å². The Bertz CT molecular complexity index is 1110. The van der Waals surface area contributed by atoms with Gasteiger partial charge in [-0.1, -0.05) is 12.1 Å². The number of carbonyl (C=O) groups excluding carboxylic acids is 2. The number of nitriles is 1. The van der Waals surface area contributed by atoms with E-state index in [0.717, 1.165) is 34.9 Å². The molecule has 1 aliphatic rings. The molecule has 2 heterocycles. The summed E-state index contributed by atoms with van der Waals surface area (Å²) in [6.45, 7) is 1.56. The van der Waals surface area contributed by atoms with Gasteiger partial charge in [-0.3, -0.25) is 9.59 Å². The van der Waals surface area contributed by atoms with Crippen molar-refractivity contribution in [3.05, 3.63) is 42.7 Å². The SMILES string of the molecule is CC(C#N)C(=O)Nc1cccc2c(-c3ccnc(NC(=O)C4CC4)c3)c[nH]c12. The average Bonchev–Trinajstić information content (AvgIpc) is 3.47. The van der Waals surface area contributed by atoms with Crippen molar-refractivity contribution in [2.45, 2.75) is 19.8 Å². The Hall–Kier alpha value is -3.66. The second-order valence-corrected chi connectivity index (χ2v) is 6.96. The number of benzene rings is 1. The van der Waals surface area contributed by atoms with Crippen molar-refractivity contribution in [1.82, 2.24) is 9.97 Å². The predicted molar refractivity (Wildman–Crippen MR) is 106 cm³/mol. The maximum Gasteiger partial charge on any atom is 0.241 e. The zero-order chi connectivity index (χ0) is 19.7. The Morgan fingerprint density at radius 2 is 2.11 bits per heavy atom. The number of nitrogens with one attached hydrogen (secondary N) is 3. The van der Waals surface area contributed by atoms with E-state index < -0.39 is 5.92 Å². The summed E-state index contributed by atoms with van der Waals surface area (Å²) in [5.74, 6) is -0.431. The van der Waals surface area contributed by atoms with Gasteiger partial charge in [0.1, 0.15) is 11.7 Å². The first-order valence-electron chi connectivity index (χ1n) is 9.14. The molecule has 1 aromatic carbocycles. The fourth-order valence-corrected chi connectivity index (χ4v) is 3.04. The molecule has 2 aromatic heterocycles. The first-order valence-corrected chi connectivity index (χ1v) is 9.14. The molecule has 3 aromatic rings. The molecule has 3 N–H and O–H groups in total. The van der Waals surface area contributed by atoms with Crippen LogP contribution in [0.4, 0.5) is 11.5 Å². The molecule has 0 aliphatic heterocycles. The van der Waals surface area contributed by atoms with Gasteiger partial charge >= 0.3 is 0 Å². The van der Waals surface area contributed by atoms with Crippen LogP contribution in [0.25, 0.3) is 22.0 Å². The van der Waals surface area contributed by atoms with Gasteiger partial charge in [0.25, 0.3) is 0 Å². The highest BCUT2D eigenvalue weighted by Crippen LogP contribution is 2.34. The van der Waals surface area contributed by atoms with Crippen LogP contribution in [0.15, 0.2) is 42.7 Å². The number of hydrogen-bond donors (Lipinski definition) is 3. The standard InChI is InChI=1S/C21H19N5O2/c1-12(10-22)20(27)25-17-4-2-3-15-16(11-24-19(15)17)14-7-8-23-18(9-14)26-21(28)13-5-6-13/h2-4,7-9,11-13,24H,5-6H2,1H3,(H,25,27)(H,23,26,28). The summed E-state index contributed by atoms with van der Waals surface area (Å²) in [5.41, 5.74) is 3.23. The van der Waals surface area contributed by atoms with Crippen molar-refractivity contribution in [1.29, 1.82) is 5.26 Å². The molecular weight excluding hydrogens is 354 g/mol. The van der Waals surface area contributed by atoms with Crippen molar-refractivity contribution in [3.63, 3.8) is 0 Å². The number of para-hydroxylation sites is 1. The molecule has 4 rings (SSSR count). The fraction of sp³-hybridized carbons (Fsp3) is 0.238. The van der Waals surface area contributed by atoms with E-state index in [1.807, 2.05) is 36.5 Å². The molecule has 28 heavy (non-hydrogen) atoms. The number of aromatic amines is 1. The van der Waals surface area contributed by atoms with Gasteiger partial charge in [-0.05, 0) is 43.5 Å². The first-order chi connectivity index (χ1) is 13.6. The van der Waals surface area contributed by atoms with E-state index in [1.165, 1.54) is 0 Å². The molecule has 7 heteroatoms.